The highest BCUT2D eigenvalue weighted by Crippen LogP contribution is 2.18. The van der Waals surface area contributed by atoms with Crippen molar-refractivity contribution in [2.45, 2.75) is 39.5 Å². The summed E-state index contributed by atoms with van der Waals surface area (Å²) in [6.07, 6.45) is 1.39. The molecule has 0 aliphatic carbocycles. The zero-order chi connectivity index (χ0) is 24.1. The molecule has 0 aliphatic heterocycles. The lowest BCUT2D eigenvalue weighted by molar-refractivity contribution is -0.145. The van der Waals surface area contributed by atoms with Crippen LogP contribution >= 0.6 is 12.2 Å². The van der Waals surface area contributed by atoms with Gasteiger partial charge in [0, 0.05) is 6.42 Å². The van der Waals surface area contributed by atoms with Crippen molar-refractivity contribution in [1.82, 2.24) is 16.2 Å². The molecule has 0 saturated carbocycles. The molecule has 0 unspecified atom stereocenters. The Kier molecular flexibility index (Phi) is 10.8. The lowest BCUT2D eigenvalue weighted by Gasteiger charge is -2.12. The van der Waals surface area contributed by atoms with E-state index >= 15 is 0 Å². The van der Waals surface area contributed by atoms with Crippen LogP contribution in [0.15, 0.2) is 48.5 Å². The molecule has 3 N–H and O–H groups in total. The molecule has 0 bridgehead atoms. The number of carbonyl (C=O) groups excluding carboxylic acids is 3. The molecule has 176 valence electrons. The van der Waals surface area contributed by atoms with E-state index in [2.05, 4.69) is 16.2 Å². The minimum atomic E-state index is -0.467. The number of esters is 1. The van der Waals surface area contributed by atoms with Crippen molar-refractivity contribution in [3.05, 3.63) is 65.2 Å². The molecule has 9 heteroatoms. The molecular weight excluding hydrogens is 442 g/mol. The Morgan fingerprint density at radius 1 is 0.939 bits per heavy atom. The zero-order valence-corrected chi connectivity index (χ0v) is 19.6. The zero-order valence-electron chi connectivity index (χ0n) is 18.8. The van der Waals surface area contributed by atoms with Gasteiger partial charge in [0.1, 0.15) is 5.75 Å². The number of thiocarbonyl (C=S) groups is 1. The molecule has 8 nitrogen and oxygen atoms in total. The second kappa shape index (κ2) is 13.8. The van der Waals surface area contributed by atoms with Gasteiger partial charge in [-0.25, -0.2) is 0 Å². The van der Waals surface area contributed by atoms with Crippen LogP contribution in [-0.4, -0.2) is 36.1 Å². The van der Waals surface area contributed by atoms with Crippen molar-refractivity contribution in [3.63, 3.8) is 0 Å². The van der Waals surface area contributed by atoms with Gasteiger partial charge < -0.3 is 14.8 Å². The smallest absolute Gasteiger partial charge is 0.306 e. The number of benzene rings is 2. The van der Waals surface area contributed by atoms with E-state index in [1.165, 1.54) is 5.56 Å². The van der Waals surface area contributed by atoms with Crippen molar-refractivity contribution in [2.75, 3.05) is 13.2 Å². The molecule has 0 fully saturated rings. The Hall–Kier alpha value is -3.46. The number of aryl methyl sites for hydroxylation is 3. The minimum Gasteiger partial charge on any atom is -0.483 e. The SMILES string of the molecule is Cc1ccc(OCC(=O)NNC(=S)NC(=O)CCC(=O)OCCCc2ccccc2)c(C)c1. The molecule has 0 heterocycles. The molecule has 0 saturated heterocycles. The van der Waals surface area contributed by atoms with Crippen molar-refractivity contribution in [2.24, 2.45) is 0 Å². The van der Waals surface area contributed by atoms with Gasteiger partial charge in [0.2, 0.25) is 5.91 Å². The molecule has 2 aromatic rings. The highest BCUT2D eigenvalue weighted by Gasteiger charge is 2.11. The number of hydrogen-bond donors (Lipinski definition) is 3. The molecule has 2 aromatic carbocycles. The Morgan fingerprint density at radius 2 is 1.70 bits per heavy atom. The predicted octanol–water partition coefficient (Wildman–Crippen LogP) is 2.66. The van der Waals surface area contributed by atoms with Crippen LogP contribution in [0, 0.1) is 13.8 Å². The number of ether oxygens (including phenoxy) is 2. The first-order valence-corrected chi connectivity index (χ1v) is 11.0. The van der Waals surface area contributed by atoms with Crippen LogP contribution in [0.4, 0.5) is 0 Å². The number of hydrogen-bond acceptors (Lipinski definition) is 6. The van der Waals surface area contributed by atoms with Gasteiger partial charge >= 0.3 is 5.97 Å². The van der Waals surface area contributed by atoms with E-state index < -0.39 is 17.8 Å². The topological polar surface area (TPSA) is 106 Å². The van der Waals surface area contributed by atoms with Gasteiger partial charge in [-0.05, 0) is 56.1 Å². The van der Waals surface area contributed by atoms with Crippen molar-refractivity contribution >= 4 is 35.1 Å². The average molecular weight is 472 g/mol. The summed E-state index contributed by atoms with van der Waals surface area (Å²) in [6.45, 7) is 3.94. The molecule has 0 spiro atoms. The van der Waals surface area contributed by atoms with Gasteiger partial charge in [0.25, 0.3) is 5.91 Å². The number of nitrogens with one attached hydrogen (secondary N) is 3. The van der Waals surface area contributed by atoms with Gasteiger partial charge in [0.05, 0.1) is 13.0 Å². The molecule has 0 aromatic heterocycles. The third kappa shape index (κ3) is 10.6. The lowest BCUT2D eigenvalue weighted by atomic mass is 10.1. The van der Waals surface area contributed by atoms with Gasteiger partial charge in [-0.1, -0.05) is 48.0 Å². The first-order valence-electron chi connectivity index (χ1n) is 10.6. The maximum atomic E-state index is 11.9. The summed E-state index contributed by atoms with van der Waals surface area (Å²) in [4.78, 5) is 35.6. The third-order valence-corrected chi connectivity index (χ3v) is 4.73. The summed E-state index contributed by atoms with van der Waals surface area (Å²) in [6, 6.07) is 15.6. The summed E-state index contributed by atoms with van der Waals surface area (Å²) in [5, 5.41) is 2.30. The fraction of sp³-hybridized carbons (Fsp3) is 0.333. The van der Waals surface area contributed by atoms with Crippen molar-refractivity contribution in [1.29, 1.82) is 0 Å². The number of rotatable bonds is 10. The fourth-order valence-electron chi connectivity index (χ4n) is 2.88. The van der Waals surface area contributed by atoms with E-state index in [0.29, 0.717) is 18.8 Å². The summed E-state index contributed by atoms with van der Waals surface area (Å²) in [5.41, 5.74) is 7.97. The number of hydrazine groups is 1. The molecule has 2 rings (SSSR count). The standard InChI is InChI=1S/C24H29N3O5S/c1-17-10-11-20(18(2)15-17)32-16-22(29)26-27-24(33)25-21(28)12-13-23(30)31-14-6-9-19-7-4-3-5-8-19/h3-5,7-8,10-11,15H,6,9,12-14,16H2,1-2H3,(H,26,29)(H2,25,27,28,33). The number of carbonyl (C=O) groups is 3. The third-order valence-electron chi connectivity index (χ3n) is 4.53. The maximum absolute atomic E-state index is 11.9. The highest BCUT2D eigenvalue weighted by molar-refractivity contribution is 7.80. The van der Waals surface area contributed by atoms with Crippen LogP contribution in [0.2, 0.25) is 0 Å². The van der Waals surface area contributed by atoms with E-state index in [-0.39, 0.29) is 24.6 Å². The van der Waals surface area contributed by atoms with Crippen LogP contribution in [0.1, 0.15) is 36.0 Å². The Bertz CT molecular complexity index is 966. The van der Waals surface area contributed by atoms with Gasteiger partial charge in [0.15, 0.2) is 11.7 Å². The Labute approximate surface area is 199 Å². The largest absolute Gasteiger partial charge is 0.483 e. The molecule has 0 atom stereocenters. The second-order valence-corrected chi connectivity index (χ2v) is 7.83. The monoisotopic (exact) mass is 471 g/mol. The van der Waals surface area contributed by atoms with Crippen molar-refractivity contribution in [3.8, 4) is 5.75 Å². The summed E-state index contributed by atoms with van der Waals surface area (Å²) >= 11 is 4.96. The van der Waals surface area contributed by atoms with Crippen LogP contribution < -0.4 is 20.9 Å². The van der Waals surface area contributed by atoms with E-state index in [1.807, 2.05) is 56.3 Å². The minimum absolute atomic E-state index is 0.0596. The second-order valence-electron chi connectivity index (χ2n) is 7.42. The number of amides is 2. The molecular formula is C24H29N3O5S. The fourth-order valence-corrected chi connectivity index (χ4v) is 3.05. The molecule has 2 amide bonds. The Balaban J connectivity index is 1.54. The molecule has 0 aliphatic rings. The molecule has 33 heavy (non-hydrogen) atoms. The van der Waals surface area contributed by atoms with Crippen LogP contribution in [0.25, 0.3) is 0 Å². The first kappa shape index (κ1) is 25.8. The van der Waals surface area contributed by atoms with Crippen LogP contribution in [0.5, 0.6) is 5.75 Å². The predicted molar refractivity (Wildman–Crippen MR) is 128 cm³/mol. The Morgan fingerprint density at radius 3 is 2.42 bits per heavy atom. The van der Waals surface area contributed by atoms with E-state index in [9.17, 15) is 14.4 Å². The maximum Gasteiger partial charge on any atom is 0.306 e. The van der Waals surface area contributed by atoms with E-state index in [1.54, 1.807) is 6.07 Å². The van der Waals surface area contributed by atoms with Gasteiger partial charge in [-0.15, -0.1) is 0 Å². The van der Waals surface area contributed by atoms with Crippen LogP contribution in [-0.2, 0) is 25.5 Å². The lowest BCUT2D eigenvalue weighted by Crippen LogP contribution is -2.49. The van der Waals surface area contributed by atoms with Gasteiger partial charge in [-0.3, -0.25) is 25.2 Å². The van der Waals surface area contributed by atoms with Crippen LogP contribution in [0.3, 0.4) is 0 Å². The van der Waals surface area contributed by atoms with Gasteiger partial charge in [-0.2, -0.15) is 0 Å². The van der Waals surface area contributed by atoms with E-state index in [0.717, 1.165) is 17.5 Å². The average Bonchev–Trinajstić information content (AvgIpc) is 2.79. The first-order chi connectivity index (χ1) is 15.8. The molecule has 0 radical (unpaired) electrons. The highest BCUT2D eigenvalue weighted by atomic mass is 32.1. The summed E-state index contributed by atoms with van der Waals surface area (Å²) in [5.74, 6) is -0.771. The summed E-state index contributed by atoms with van der Waals surface area (Å²) in [7, 11) is 0. The normalized spacial score (nSPS) is 10.1. The van der Waals surface area contributed by atoms with E-state index in [4.69, 9.17) is 21.7 Å². The summed E-state index contributed by atoms with van der Waals surface area (Å²) < 4.78 is 10.6. The quantitative estimate of drug-likeness (QED) is 0.212. The van der Waals surface area contributed by atoms with Crippen molar-refractivity contribution < 1.29 is 23.9 Å².